The Labute approximate surface area is 107 Å². The highest BCUT2D eigenvalue weighted by atomic mass is 32.2. The Kier molecular flexibility index (Phi) is 4.97. The Morgan fingerprint density at radius 3 is 2.88 bits per heavy atom. The molecule has 0 aromatic heterocycles. The van der Waals surface area contributed by atoms with Gasteiger partial charge in [-0.25, -0.2) is 4.99 Å². The largest absolute Gasteiger partial charge is 0.377 e. The molecule has 0 aromatic rings. The monoisotopic (exact) mass is 253 g/mol. The lowest BCUT2D eigenvalue weighted by molar-refractivity contribution is 0.198. The number of nitrogens with two attached hydrogens (primary N) is 1. The quantitative estimate of drug-likeness (QED) is 0.606. The molecule has 0 saturated heterocycles. The minimum atomic E-state index is -0.138. The zero-order chi connectivity index (χ0) is 12.9. The smallest absolute Gasteiger partial charge is 0.172 e. The van der Waals surface area contributed by atoms with Gasteiger partial charge in [0.25, 0.3) is 0 Å². The Bertz CT molecular complexity index is 377. The van der Waals surface area contributed by atoms with Crippen molar-refractivity contribution < 1.29 is 0 Å². The molecule has 1 aliphatic heterocycles. The molecule has 6 heteroatoms. The number of azo groups is 1. The van der Waals surface area contributed by atoms with Crippen molar-refractivity contribution in [3.63, 3.8) is 0 Å². The molecule has 1 atom stereocenters. The number of thioether (sulfide) groups is 1. The highest BCUT2D eigenvalue weighted by Crippen LogP contribution is 2.26. The standard InChI is InChI=1S/C11H19N5S/c1-11(2,17-4)16-7-9(15-13-3)5-6-10(12)14-8-16/h9H,7-8H2,1-4H3,(H2,12,14). The molecular formula is C11H19N5S. The molecule has 1 unspecified atom stereocenters. The molecule has 1 rings (SSSR count). The fourth-order valence-corrected chi connectivity index (χ4v) is 1.78. The molecule has 0 spiro atoms. The number of nitrogens with zero attached hydrogens (tertiary/aromatic N) is 4. The summed E-state index contributed by atoms with van der Waals surface area (Å²) in [5.74, 6) is 6.15. The maximum absolute atomic E-state index is 5.68. The minimum absolute atomic E-state index is 0.0235. The summed E-state index contributed by atoms with van der Waals surface area (Å²) in [7, 11) is 1.65. The van der Waals surface area contributed by atoms with E-state index in [-0.39, 0.29) is 10.9 Å². The first-order valence-corrected chi connectivity index (χ1v) is 6.62. The van der Waals surface area contributed by atoms with Gasteiger partial charge in [0, 0.05) is 13.6 Å². The summed E-state index contributed by atoms with van der Waals surface area (Å²) in [6, 6.07) is -0.138. The molecule has 94 valence electrons. The van der Waals surface area contributed by atoms with E-state index in [1.165, 1.54) is 0 Å². The summed E-state index contributed by atoms with van der Waals surface area (Å²) < 4.78 is 0. The highest BCUT2D eigenvalue weighted by molar-refractivity contribution is 7.99. The molecule has 0 amide bonds. The van der Waals surface area contributed by atoms with Gasteiger partial charge >= 0.3 is 0 Å². The first kappa shape index (κ1) is 14.0. The van der Waals surface area contributed by atoms with Crippen LogP contribution in [-0.2, 0) is 0 Å². The SMILES string of the molecule is CN=NC1C#CC(N)=NCN(C(C)(C)SC)C1. The van der Waals surface area contributed by atoms with Crippen LogP contribution in [0.25, 0.3) is 0 Å². The van der Waals surface area contributed by atoms with Crippen molar-refractivity contribution in [1.29, 1.82) is 0 Å². The van der Waals surface area contributed by atoms with Crippen LogP contribution in [0.15, 0.2) is 15.2 Å². The van der Waals surface area contributed by atoms with E-state index in [2.05, 4.69) is 52.1 Å². The van der Waals surface area contributed by atoms with E-state index in [0.717, 1.165) is 6.54 Å². The molecule has 0 radical (unpaired) electrons. The first-order valence-electron chi connectivity index (χ1n) is 5.40. The lowest BCUT2D eigenvalue weighted by Crippen LogP contribution is -2.45. The number of rotatable bonds is 3. The Hall–Kier alpha value is -1.06. The Morgan fingerprint density at radius 1 is 1.59 bits per heavy atom. The predicted octanol–water partition coefficient (Wildman–Crippen LogP) is 1.17. The topological polar surface area (TPSA) is 66.3 Å². The van der Waals surface area contributed by atoms with E-state index in [1.54, 1.807) is 18.8 Å². The van der Waals surface area contributed by atoms with Gasteiger partial charge < -0.3 is 5.73 Å². The van der Waals surface area contributed by atoms with E-state index in [1.807, 2.05) is 0 Å². The second kappa shape index (κ2) is 6.03. The molecule has 0 bridgehead atoms. The van der Waals surface area contributed by atoms with Gasteiger partial charge in [-0.1, -0.05) is 5.92 Å². The highest BCUT2D eigenvalue weighted by Gasteiger charge is 2.28. The Morgan fingerprint density at radius 2 is 2.29 bits per heavy atom. The second-order valence-electron chi connectivity index (χ2n) is 4.16. The van der Waals surface area contributed by atoms with Crippen molar-refractivity contribution in [2.45, 2.75) is 24.8 Å². The van der Waals surface area contributed by atoms with Crippen molar-refractivity contribution in [2.75, 3.05) is 26.5 Å². The number of amidine groups is 1. The van der Waals surface area contributed by atoms with E-state index in [4.69, 9.17) is 5.73 Å². The number of hydrogen-bond donors (Lipinski definition) is 1. The maximum atomic E-state index is 5.68. The van der Waals surface area contributed by atoms with E-state index < -0.39 is 0 Å². The van der Waals surface area contributed by atoms with Gasteiger partial charge in [-0.2, -0.15) is 10.2 Å². The molecule has 0 fully saturated rings. The predicted molar refractivity (Wildman–Crippen MR) is 73.1 cm³/mol. The first-order chi connectivity index (χ1) is 7.99. The molecular weight excluding hydrogens is 234 g/mol. The number of hydrogen-bond acceptors (Lipinski definition) is 6. The van der Waals surface area contributed by atoms with Crippen LogP contribution in [0.3, 0.4) is 0 Å². The molecule has 1 aliphatic rings. The van der Waals surface area contributed by atoms with Crippen LogP contribution >= 0.6 is 11.8 Å². The van der Waals surface area contributed by atoms with Gasteiger partial charge in [0.15, 0.2) is 5.84 Å². The summed E-state index contributed by atoms with van der Waals surface area (Å²) in [4.78, 5) is 6.42. The van der Waals surface area contributed by atoms with Crippen molar-refractivity contribution in [3.05, 3.63) is 0 Å². The zero-order valence-corrected chi connectivity index (χ0v) is 11.6. The summed E-state index contributed by atoms with van der Waals surface area (Å²) >= 11 is 1.77. The van der Waals surface area contributed by atoms with Crippen molar-refractivity contribution in [1.82, 2.24) is 4.90 Å². The average molecular weight is 253 g/mol. The van der Waals surface area contributed by atoms with Crippen molar-refractivity contribution in [3.8, 4) is 11.8 Å². The van der Waals surface area contributed by atoms with Crippen LogP contribution in [0.2, 0.25) is 0 Å². The third-order valence-electron chi connectivity index (χ3n) is 2.69. The van der Waals surface area contributed by atoms with Crippen LogP contribution in [0.4, 0.5) is 0 Å². The molecule has 17 heavy (non-hydrogen) atoms. The van der Waals surface area contributed by atoms with E-state index in [9.17, 15) is 0 Å². The van der Waals surface area contributed by atoms with Crippen LogP contribution in [0.1, 0.15) is 13.8 Å². The number of aliphatic imine (C=N–C) groups is 1. The summed E-state index contributed by atoms with van der Waals surface area (Å²) in [5.41, 5.74) is 5.68. The third-order valence-corrected chi connectivity index (χ3v) is 3.95. The molecule has 5 nitrogen and oxygen atoms in total. The normalized spacial score (nSPS) is 22.6. The molecule has 0 aliphatic carbocycles. The lowest BCUT2D eigenvalue weighted by Gasteiger charge is -2.36. The van der Waals surface area contributed by atoms with Crippen molar-refractivity contribution >= 4 is 17.6 Å². The molecule has 1 heterocycles. The fraction of sp³-hybridized carbons (Fsp3) is 0.727. The van der Waals surface area contributed by atoms with Gasteiger partial charge in [0.05, 0.1) is 11.5 Å². The van der Waals surface area contributed by atoms with Gasteiger partial charge in [-0.05, 0) is 26.0 Å². The van der Waals surface area contributed by atoms with Gasteiger partial charge in [-0.3, -0.25) is 4.90 Å². The van der Waals surface area contributed by atoms with E-state index >= 15 is 0 Å². The van der Waals surface area contributed by atoms with Gasteiger partial charge in [0.2, 0.25) is 0 Å². The van der Waals surface area contributed by atoms with Crippen LogP contribution < -0.4 is 5.73 Å². The van der Waals surface area contributed by atoms with Gasteiger partial charge in [-0.15, -0.1) is 11.8 Å². The van der Waals surface area contributed by atoms with Gasteiger partial charge in [0.1, 0.15) is 6.04 Å². The van der Waals surface area contributed by atoms with Crippen molar-refractivity contribution in [2.24, 2.45) is 21.0 Å². The third kappa shape index (κ3) is 4.02. The van der Waals surface area contributed by atoms with Crippen LogP contribution in [0, 0.1) is 11.8 Å². The summed E-state index contributed by atoms with van der Waals surface area (Å²) in [5, 5.41) is 7.92. The fourth-order valence-electron chi connectivity index (χ4n) is 1.39. The summed E-state index contributed by atoms with van der Waals surface area (Å²) in [6.07, 6.45) is 2.08. The molecule has 2 N–H and O–H groups in total. The average Bonchev–Trinajstić information content (AvgIpc) is 2.28. The molecule has 0 aromatic carbocycles. The maximum Gasteiger partial charge on any atom is 0.172 e. The van der Waals surface area contributed by atoms with Crippen LogP contribution in [0.5, 0.6) is 0 Å². The minimum Gasteiger partial charge on any atom is -0.377 e. The second-order valence-corrected chi connectivity index (χ2v) is 5.57. The van der Waals surface area contributed by atoms with Crippen LogP contribution in [-0.4, -0.2) is 48.2 Å². The van der Waals surface area contributed by atoms with E-state index in [0.29, 0.717) is 12.5 Å². The molecule has 0 saturated carbocycles. The lowest BCUT2D eigenvalue weighted by atomic mass is 10.2. The summed E-state index contributed by atoms with van der Waals surface area (Å²) in [6.45, 7) is 5.57. The zero-order valence-electron chi connectivity index (χ0n) is 10.8. The Balaban J connectivity index is 2.94.